The van der Waals surface area contributed by atoms with Crippen molar-refractivity contribution in [2.75, 3.05) is 7.11 Å². The molecule has 98 valence electrons. The van der Waals surface area contributed by atoms with Crippen LogP contribution in [0.2, 0.25) is 0 Å². The minimum atomic E-state index is 0.205. The van der Waals surface area contributed by atoms with Crippen molar-refractivity contribution < 1.29 is 14.3 Å². The number of ether oxygens (including phenoxy) is 2. The van der Waals surface area contributed by atoms with Crippen molar-refractivity contribution in [1.82, 2.24) is 0 Å². The summed E-state index contributed by atoms with van der Waals surface area (Å²) in [5, 5.41) is 0. The first-order valence-corrected chi connectivity index (χ1v) is 6.53. The number of carbonyl (C=O) groups excluding carboxylic acids is 1. The molecular weight excluding hydrogens is 228 g/mol. The quantitative estimate of drug-likeness (QED) is 0.765. The van der Waals surface area contributed by atoms with Crippen LogP contribution in [-0.2, 0) is 0 Å². The van der Waals surface area contributed by atoms with Crippen molar-refractivity contribution in [3.8, 4) is 11.5 Å². The van der Waals surface area contributed by atoms with Crippen molar-refractivity contribution in [2.45, 2.75) is 38.7 Å². The van der Waals surface area contributed by atoms with Crippen LogP contribution in [0.25, 0.3) is 0 Å². The van der Waals surface area contributed by atoms with Crippen LogP contribution in [-0.4, -0.2) is 19.5 Å². The van der Waals surface area contributed by atoms with E-state index in [2.05, 4.69) is 6.92 Å². The molecule has 1 aliphatic rings. The van der Waals surface area contributed by atoms with Crippen LogP contribution < -0.4 is 9.47 Å². The number of rotatable bonds is 4. The maximum atomic E-state index is 11.1. The van der Waals surface area contributed by atoms with Crippen LogP contribution in [0.4, 0.5) is 0 Å². The van der Waals surface area contributed by atoms with E-state index in [1.165, 1.54) is 12.8 Å². The van der Waals surface area contributed by atoms with Crippen molar-refractivity contribution in [2.24, 2.45) is 5.92 Å². The van der Waals surface area contributed by atoms with Crippen LogP contribution in [0.5, 0.6) is 11.5 Å². The molecule has 3 nitrogen and oxygen atoms in total. The molecule has 3 heteroatoms. The molecule has 0 N–H and O–H groups in total. The van der Waals surface area contributed by atoms with E-state index in [1.807, 2.05) is 6.07 Å². The summed E-state index contributed by atoms with van der Waals surface area (Å²) in [5.41, 5.74) is 0.563. The van der Waals surface area contributed by atoms with Crippen molar-refractivity contribution in [3.05, 3.63) is 23.8 Å². The van der Waals surface area contributed by atoms with Crippen molar-refractivity contribution in [3.63, 3.8) is 0 Å². The van der Waals surface area contributed by atoms with Crippen LogP contribution in [0.15, 0.2) is 18.2 Å². The van der Waals surface area contributed by atoms with E-state index in [0.717, 1.165) is 25.0 Å². The highest BCUT2D eigenvalue weighted by Gasteiger charge is 2.22. The number of hydrogen-bond acceptors (Lipinski definition) is 3. The Hall–Kier alpha value is -1.51. The summed E-state index contributed by atoms with van der Waals surface area (Å²) >= 11 is 0. The van der Waals surface area contributed by atoms with Gasteiger partial charge in [-0.15, -0.1) is 0 Å². The molecule has 0 saturated heterocycles. The number of methoxy groups -OCH3 is 1. The zero-order valence-electron chi connectivity index (χ0n) is 11.0. The van der Waals surface area contributed by atoms with Crippen LogP contribution in [0.3, 0.4) is 0 Å². The predicted octanol–water partition coefficient (Wildman–Crippen LogP) is 3.47. The molecule has 1 fully saturated rings. The molecule has 1 aliphatic carbocycles. The van der Waals surface area contributed by atoms with Gasteiger partial charge < -0.3 is 9.47 Å². The van der Waals surface area contributed by atoms with Crippen molar-refractivity contribution in [1.29, 1.82) is 0 Å². The van der Waals surface area contributed by atoms with E-state index < -0.39 is 0 Å². The molecule has 2 rings (SSSR count). The lowest BCUT2D eigenvalue weighted by Crippen LogP contribution is -2.23. The molecule has 0 aliphatic heterocycles. The molecule has 0 unspecified atom stereocenters. The third-order valence-electron chi connectivity index (χ3n) is 3.60. The fourth-order valence-corrected chi connectivity index (χ4v) is 2.43. The first-order chi connectivity index (χ1) is 8.74. The Morgan fingerprint density at radius 3 is 2.56 bits per heavy atom. The van der Waals surface area contributed by atoms with E-state index >= 15 is 0 Å². The second kappa shape index (κ2) is 5.89. The Kier molecular flexibility index (Phi) is 4.24. The van der Waals surface area contributed by atoms with E-state index in [-0.39, 0.29) is 6.10 Å². The minimum absolute atomic E-state index is 0.205. The van der Waals surface area contributed by atoms with Gasteiger partial charge in [0.15, 0.2) is 17.8 Å². The number of hydrogen-bond donors (Lipinski definition) is 0. The molecule has 1 aromatic rings. The first kappa shape index (κ1) is 12.9. The maximum Gasteiger partial charge on any atom is 0.172 e. The van der Waals surface area contributed by atoms with Gasteiger partial charge in [-0.2, -0.15) is 0 Å². The average molecular weight is 248 g/mol. The van der Waals surface area contributed by atoms with Crippen LogP contribution in [0, 0.1) is 5.92 Å². The summed E-state index contributed by atoms with van der Waals surface area (Å²) in [6, 6.07) is 5.39. The van der Waals surface area contributed by atoms with Gasteiger partial charge in [0.25, 0.3) is 0 Å². The van der Waals surface area contributed by atoms with E-state index in [9.17, 15) is 4.79 Å². The fourth-order valence-electron chi connectivity index (χ4n) is 2.43. The average Bonchev–Trinajstić information content (AvgIpc) is 2.41. The molecular formula is C15H20O3. The fraction of sp³-hybridized carbons (Fsp3) is 0.533. The molecule has 0 spiro atoms. The first-order valence-electron chi connectivity index (χ1n) is 6.53. The second-order valence-electron chi connectivity index (χ2n) is 5.00. The Bertz CT molecular complexity index is 406. The third-order valence-corrected chi connectivity index (χ3v) is 3.60. The topological polar surface area (TPSA) is 35.5 Å². The van der Waals surface area contributed by atoms with Gasteiger partial charge in [0.1, 0.15) is 0 Å². The smallest absolute Gasteiger partial charge is 0.172 e. The number of aldehydes is 1. The normalized spacial score (nSPS) is 23.4. The molecule has 1 aromatic carbocycles. The van der Waals surface area contributed by atoms with Gasteiger partial charge in [-0.3, -0.25) is 4.79 Å². The molecule has 1 saturated carbocycles. The second-order valence-corrected chi connectivity index (χ2v) is 5.00. The zero-order chi connectivity index (χ0) is 13.0. The molecule has 0 bridgehead atoms. The number of carbonyl (C=O) groups is 1. The lowest BCUT2D eigenvalue weighted by Gasteiger charge is -2.27. The van der Waals surface area contributed by atoms with Gasteiger partial charge in [0.05, 0.1) is 18.8 Å². The molecule has 0 heterocycles. The standard InChI is InChI=1S/C15H20O3/c1-11-6-8-13(9-7-11)18-15-12(10-16)4-3-5-14(15)17-2/h3-5,10-11,13H,6-9H2,1-2H3. The zero-order valence-corrected chi connectivity index (χ0v) is 11.0. The van der Waals surface area contributed by atoms with Gasteiger partial charge in [0, 0.05) is 0 Å². The summed E-state index contributed by atoms with van der Waals surface area (Å²) in [7, 11) is 1.60. The molecule has 18 heavy (non-hydrogen) atoms. The molecule has 0 radical (unpaired) electrons. The summed E-state index contributed by atoms with van der Waals surface area (Å²) in [4.78, 5) is 11.1. The predicted molar refractivity (Wildman–Crippen MR) is 70.4 cm³/mol. The van der Waals surface area contributed by atoms with Crippen molar-refractivity contribution >= 4 is 6.29 Å². The SMILES string of the molecule is COc1cccc(C=O)c1OC1CCC(C)CC1. The van der Waals surface area contributed by atoms with Crippen LogP contribution >= 0.6 is 0 Å². The number of para-hydroxylation sites is 1. The Morgan fingerprint density at radius 2 is 1.94 bits per heavy atom. The highest BCUT2D eigenvalue weighted by atomic mass is 16.5. The monoisotopic (exact) mass is 248 g/mol. The molecule has 0 aromatic heterocycles. The summed E-state index contributed by atoms with van der Waals surface area (Å²) in [5.74, 6) is 2.01. The summed E-state index contributed by atoms with van der Waals surface area (Å²) in [6.45, 7) is 2.27. The largest absolute Gasteiger partial charge is 0.493 e. The maximum absolute atomic E-state index is 11.1. The van der Waals surface area contributed by atoms with Gasteiger partial charge in [0.2, 0.25) is 0 Å². The third kappa shape index (κ3) is 2.84. The van der Waals surface area contributed by atoms with Crippen LogP contribution in [0.1, 0.15) is 43.0 Å². The van der Waals surface area contributed by atoms with E-state index in [4.69, 9.17) is 9.47 Å². The van der Waals surface area contributed by atoms with Gasteiger partial charge in [-0.25, -0.2) is 0 Å². The summed E-state index contributed by atoms with van der Waals surface area (Å²) in [6.07, 6.45) is 5.52. The molecule has 0 amide bonds. The van der Waals surface area contributed by atoms with Gasteiger partial charge in [-0.05, 0) is 43.7 Å². The highest BCUT2D eigenvalue weighted by Crippen LogP contribution is 2.34. The lowest BCUT2D eigenvalue weighted by molar-refractivity contribution is 0.109. The number of benzene rings is 1. The van der Waals surface area contributed by atoms with Gasteiger partial charge >= 0.3 is 0 Å². The van der Waals surface area contributed by atoms with E-state index in [1.54, 1.807) is 19.2 Å². The highest BCUT2D eigenvalue weighted by molar-refractivity contribution is 5.81. The van der Waals surface area contributed by atoms with Gasteiger partial charge in [-0.1, -0.05) is 13.0 Å². The Morgan fingerprint density at radius 1 is 1.22 bits per heavy atom. The molecule has 0 atom stereocenters. The Labute approximate surface area is 108 Å². The lowest BCUT2D eigenvalue weighted by atomic mass is 9.89. The summed E-state index contributed by atoms with van der Waals surface area (Å²) < 4.78 is 11.3. The van der Waals surface area contributed by atoms with E-state index in [0.29, 0.717) is 17.1 Å². The minimum Gasteiger partial charge on any atom is -0.493 e. The Balaban J connectivity index is 2.14.